The lowest BCUT2D eigenvalue weighted by atomic mass is 9.86. The Balaban J connectivity index is 2.06. The Morgan fingerprint density at radius 3 is 2.50 bits per heavy atom. The fourth-order valence-corrected chi connectivity index (χ4v) is 3.45. The minimum Gasteiger partial charge on any atom is -0.317 e. The van der Waals surface area contributed by atoms with Gasteiger partial charge in [0, 0.05) is 10.9 Å². The van der Waals surface area contributed by atoms with Gasteiger partial charge >= 0.3 is 0 Å². The second-order valence-corrected chi connectivity index (χ2v) is 6.19. The maximum atomic E-state index is 3.50. The molecule has 1 aromatic rings. The van der Waals surface area contributed by atoms with Crippen molar-refractivity contribution in [3.05, 3.63) is 29.8 Å². The molecule has 1 fully saturated rings. The zero-order chi connectivity index (χ0) is 12.8. The molecule has 2 rings (SSSR count). The lowest BCUT2D eigenvalue weighted by Gasteiger charge is -2.31. The molecule has 2 N–H and O–H groups in total. The second kappa shape index (κ2) is 7.17. The van der Waals surface area contributed by atoms with Gasteiger partial charge in [-0.25, -0.2) is 0 Å². The van der Waals surface area contributed by atoms with Gasteiger partial charge in [0.25, 0.3) is 0 Å². The predicted octanol–water partition coefficient (Wildman–Crippen LogP) is 3.06. The van der Waals surface area contributed by atoms with E-state index >= 15 is 0 Å². The molecule has 0 aliphatic carbocycles. The monoisotopic (exact) mass is 264 g/mol. The normalized spacial score (nSPS) is 18.8. The van der Waals surface area contributed by atoms with E-state index in [2.05, 4.69) is 48.9 Å². The lowest BCUT2D eigenvalue weighted by molar-refractivity contribution is 0.294. The maximum absolute atomic E-state index is 3.50. The summed E-state index contributed by atoms with van der Waals surface area (Å²) in [7, 11) is 2.08. The van der Waals surface area contributed by atoms with Crippen LogP contribution in [-0.2, 0) is 0 Å². The molecule has 0 amide bonds. The van der Waals surface area contributed by atoms with Crippen LogP contribution in [0.5, 0.6) is 0 Å². The highest BCUT2D eigenvalue weighted by atomic mass is 32.2. The van der Waals surface area contributed by atoms with Gasteiger partial charge in [0.15, 0.2) is 0 Å². The van der Waals surface area contributed by atoms with Crippen molar-refractivity contribution in [2.75, 3.05) is 25.9 Å². The summed E-state index contributed by atoms with van der Waals surface area (Å²) < 4.78 is 0. The minimum absolute atomic E-state index is 0.507. The largest absolute Gasteiger partial charge is 0.317 e. The van der Waals surface area contributed by atoms with Crippen molar-refractivity contribution in [3.8, 4) is 0 Å². The van der Waals surface area contributed by atoms with Crippen molar-refractivity contribution in [2.24, 2.45) is 5.92 Å². The number of hydrogen-bond acceptors (Lipinski definition) is 3. The number of benzene rings is 1. The van der Waals surface area contributed by atoms with E-state index in [1.54, 1.807) is 0 Å². The molecule has 1 saturated heterocycles. The van der Waals surface area contributed by atoms with Crippen LogP contribution in [0.2, 0.25) is 0 Å². The van der Waals surface area contributed by atoms with Gasteiger partial charge in [0.1, 0.15) is 0 Å². The number of hydrogen-bond donors (Lipinski definition) is 2. The molecule has 0 saturated carbocycles. The summed E-state index contributed by atoms with van der Waals surface area (Å²) >= 11 is 1.91. The van der Waals surface area contributed by atoms with Gasteiger partial charge in [0.2, 0.25) is 0 Å². The van der Waals surface area contributed by atoms with Crippen LogP contribution in [0, 0.1) is 5.92 Å². The SMILES string of the molecule is CCSc1ccc(C(NC)C2CCNCC2)cc1. The zero-order valence-electron chi connectivity index (χ0n) is 11.4. The van der Waals surface area contributed by atoms with E-state index < -0.39 is 0 Å². The fraction of sp³-hybridized carbons (Fsp3) is 0.600. The van der Waals surface area contributed by atoms with Crippen molar-refractivity contribution in [2.45, 2.75) is 30.7 Å². The molecular weight excluding hydrogens is 240 g/mol. The minimum atomic E-state index is 0.507. The molecule has 1 atom stereocenters. The van der Waals surface area contributed by atoms with Crippen molar-refractivity contribution in [1.82, 2.24) is 10.6 Å². The standard InChI is InChI=1S/C15H24N2S/c1-3-18-14-6-4-12(5-7-14)15(16-2)13-8-10-17-11-9-13/h4-7,13,15-17H,3,8-11H2,1-2H3. The first-order valence-electron chi connectivity index (χ1n) is 6.96. The summed E-state index contributed by atoms with van der Waals surface area (Å²) in [5.41, 5.74) is 1.44. The van der Waals surface area contributed by atoms with Crippen molar-refractivity contribution in [1.29, 1.82) is 0 Å². The second-order valence-electron chi connectivity index (χ2n) is 4.86. The van der Waals surface area contributed by atoms with Gasteiger partial charge in [-0.15, -0.1) is 11.8 Å². The highest BCUT2D eigenvalue weighted by Crippen LogP contribution is 2.29. The van der Waals surface area contributed by atoms with E-state index in [0.29, 0.717) is 6.04 Å². The lowest BCUT2D eigenvalue weighted by Crippen LogP contribution is -2.35. The Bertz CT molecular complexity index is 344. The van der Waals surface area contributed by atoms with Crippen LogP contribution in [0.25, 0.3) is 0 Å². The Labute approximate surface area is 115 Å². The van der Waals surface area contributed by atoms with Crippen molar-refractivity contribution < 1.29 is 0 Å². The van der Waals surface area contributed by atoms with Crippen LogP contribution >= 0.6 is 11.8 Å². The van der Waals surface area contributed by atoms with Crippen molar-refractivity contribution in [3.63, 3.8) is 0 Å². The van der Waals surface area contributed by atoms with Crippen LogP contribution in [0.4, 0.5) is 0 Å². The molecule has 1 aliphatic heterocycles. The van der Waals surface area contributed by atoms with Gasteiger partial charge in [0.05, 0.1) is 0 Å². The quantitative estimate of drug-likeness (QED) is 0.799. The van der Waals surface area contributed by atoms with E-state index in [-0.39, 0.29) is 0 Å². The molecular formula is C15H24N2S. The number of thioether (sulfide) groups is 1. The highest BCUT2D eigenvalue weighted by Gasteiger charge is 2.23. The molecule has 18 heavy (non-hydrogen) atoms. The van der Waals surface area contributed by atoms with Gasteiger partial charge in [-0.05, 0) is 62.3 Å². The molecule has 1 aliphatic rings. The van der Waals surface area contributed by atoms with Crippen LogP contribution in [0.1, 0.15) is 31.4 Å². The molecule has 0 radical (unpaired) electrons. The van der Waals surface area contributed by atoms with Crippen molar-refractivity contribution >= 4 is 11.8 Å². The third kappa shape index (κ3) is 3.50. The summed E-state index contributed by atoms with van der Waals surface area (Å²) in [4.78, 5) is 1.38. The van der Waals surface area contributed by atoms with Gasteiger partial charge in [-0.3, -0.25) is 0 Å². The van der Waals surface area contributed by atoms with Crippen LogP contribution in [-0.4, -0.2) is 25.9 Å². The molecule has 3 heteroatoms. The predicted molar refractivity (Wildman–Crippen MR) is 80.2 cm³/mol. The molecule has 0 spiro atoms. The third-order valence-electron chi connectivity index (χ3n) is 3.72. The third-order valence-corrected chi connectivity index (χ3v) is 4.61. The zero-order valence-corrected chi connectivity index (χ0v) is 12.2. The number of rotatable bonds is 5. The molecule has 1 aromatic carbocycles. The van der Waals surface area contributed by atoms with E-state index in [9.17, 15) is 0 Å². The number of piperidine rings is 1. The Hall–Kier alpha value is -0.510. The van der Waals surface area contributed by atoms with E-state index in [4.69, 9.17) is 0 Å². The summed E-state index contributed by atoms with van der Waals surface area (Å²) in [6.45, 7) is 4.52. The van der Waals surface area contributed by atoms with E-state index in [1.807, 2.05) is 11.8 Å². The Kier molecular flexibility index (Phi) is 5.54. The summed E-state index contributed by atoms with van der Waals surface area (Å²) in [5, 5.41) is 6.94. The maximum Gasteiger partial charge on any atom is 0.0347 e. The molecule has 0 aromatic heterocycles. The molecule has 0 bridgehead atoms. The molecule has 1 heterocycles. The molecule has 1 unspecified atom stereocenters. The van der Waals surface area contributed by atoms with E-state index in [0.717, 1.165) is 24.8 Å². The topological polar surface area (TPSA) is 24.1 Å². The van der Waals surface area contributed by atoms with Gasteiger partial charge < -0.3 is 10.6 Å². The average molecular weight is 264 g/mol. The first-order valence-corrected chi connectivity index (χ1v) is 7.94. The average Bonchev–Trinajstić information content (AvgIpc) is 2.43. The smallest absolute Gasteiger partial charge is 0.0347 e. The Morgan fingerprint density at radius 1 is 1.28 bits per heavy atom. The highest BCUT2D eigenvalue weighted by molar-refractivity contribution is 7.99. The van der Waals surface area contributed by atoms with Crippen LogP contribution in [0.3, 0.4) is 0 Å². The summed E-state index contributed by atoms with van der Waals surface area (Å²) in [5.74, 6) is 1.91. The van der Waals surface area contributed by atoms with Gasteiger partial charge in [-0.2, -0.15) is 0 Å². The molecule has 100 valence electrons. The van der Waals surface area contributed by atoms with E-state index in [1.165, 1.54) is 23.3 Å². The first kappa shape index (κ1) is 13.9. The first-order chi connectivity index (χ1) is 8.85. The fourth-order valence-electron chi connectivity index (χ4n) is 2.79. The molecule has 2 nitrogen and oxygen atoms in total. The van der Waals surface area contributed by atoms with Crippen LogP contribution < -0.4 is 10.6 Å². The summed E-state index contributed by atoms with van der Waals surface area (Å²) in [6, 6.07) is 9.61. The van der Waals surface area contributed by atoms with Crippen LogP contribution in [0.15, 0.2) is 29.2 Å². The Morgan fingerprint density at radius 2 is 1.94 bits per heavy atom. The van der Waals surface area contributed by atoms with Gasteiger partial charge in [-0.1, -0.05) is 19.1 Å². The summed E-state index contributed by atoms with van der Waals surface area (Å²) in [6.07, 6.45) is 2.55. The number of nitrogens with one attached hydrogen (secondary N) is 2.